The summed E-state index contributed by atoms with van der Waals surface area (Å²) in [7, 11) is 0. The van der Waals surface area contributed by atoms with Crippen molar-refractivity contribution in [3.8, 4) is 11.1 Å². The van der Waals surface area contributed by atoms with Gasteiger partial charge < -0.3 is 16.2 Å². The fraction of sp³-hybridized carbons (Fsp3) is 0.417. The Morgan fingerprint density at radius 2 is 1.56 bits per heavy atom. The summed E-state index contributed by atoms with van der Waals surface area (Å²) in [5.74, 6) is -2.30. The first-order chi connectivity index (χ1) is 15.2. The summed E-state index contributed by atoms with van der Waals surface area (Å²) in [4.78, 5) is 20.2. The van der Waals surface area contributed by atoms with E-state index in [-0.39, 0.29) is 5.91 Å². The van der Waals surface area contributed by atoms with Crippen molar-refractivity contribution in [3.05, 3.63) is 59.7 Å². The normalized spacial score (nSPS) is 14.7. The zero-order valence-corrected chi connectivity index (χ0v) is 17.8. The van der Waals surface area contributed by atoms with Crippen LogP contribution in [0.2, 0.25) is 0 Å². The molecule has 0 radical (unpaired) electrons. The van der Waals surface area contributed by atoms with E-state index in [2.05, 4.69) is 29.6 Å². The third kappa shape index (κ3) is 8.70. The fourth-order valence-corrected chi connectivity index (χ4v) is 3.66. The standard InChI is InChI=1S/C22H28N2O.C2HF3O2/c23-22(25)21-9-5-8-20(14-21)19-12-10-18(11-13-19)16-24-15-17-6-3-1-2-4-7-17;3-2(4,5)1(6)7/h5,8-14,17,24H,1-4,6-7,15-16H2,(H2,23,25);(H,6,7). The molecule has 0 saturated heterocycles. The van der Waals surface area contributed by atoms with Crippen molar-refractivity contribution in [1.82, 2.24) is 5.32 Å². The molecule has 1 aliphatic carbocycles. The summed E-state index contributed by atoms with van der Waals surface area (Å²) in [6.07, 6.45) is 3.28. The van der Waals surface area contributed by atoms with Gasteiger partial charge in [0.05, 0.1) is 0 Å². The molecule has 5 nitrogen and oxygen atoms in total. The summed E-state index contributed by atoms with van der Waals surface area (Å²) >= 11 is 0. The van der Waals surface area contributed by atoms with Crippen LogP contribution in [-0.4, -0.2) is 29.7 Å². The first kappa shape index (κ1) is 25.4. The molecule has 0 aromatic heterocycles. The minimum absolute atomic E-state index is 0.388. The number of primary amides is 1. The molecule has 0 heterocycles. The molecule has 1 aliphatic rings. The minimum atomic E-state index is -5.08. The van der Waals surface area contributed by atoms with Gasteiger partial charge in [-0.15, -0.1) is 0 Å². The second kappa shape index (κ2) is 12.2. The summed E-state index contributed by atoms with van der Waals surface area (Å²) in [5, 5.41) is 10.7. The third-order valence-corrected chi connectivity index (χ3v) is 5.41. The number of carbonyl (C=O) groups is 2. The number of carboxylic acid groups (broad SMARTS) is 1. The van der Waals surface area contributed by atoms with Crippen LogP contribution >= 0.6 is 0 Å². The highest BCUT2D eigenvalue weighted by Crippen LogP contribution is 2.23. The van der Waals surface area contributed by atoms with Crippen molar-refractivity contribution in [2.45, 2.75) is 51.2 Å². The van der Waals surface area contributed by atoms with Crippen LogP contribution in [0.1, 0.15) is 54.4 Å². The molecular weight excluding hydrogens is 421 g/mol. The van der Waals surface area contributed by atoms with E-state index in [4.69, 9.17) is 15.6 Å². The van der Waals surface area contributed by atoms with Gasteiger partial charge in [0.15, 0.2) is 0 Å². The number of rotatable bonds is 6. The molecule has 4 N–H and O–H groups in total. The number of hydrogen-bond donors (Lipinski definition) is 3. The van der Waals surface area contributed by atoms with Gasteiger partial charge in [0, 0.05) is 12.1 Å². The van der Waals surface area contributed by atoms with Crippen LogP contribution in [0.15, 0.2) is 48.5 Å². The van der Waals surface area contributed by atoms with Crippen molar-refractivity contribution in [3.63, 3.8) is 0 Å². The molecule has 0 spiro atoms. The number of alkyl halides is 3. The SMILES string of the molecule is NC(=O)c1cccc(-c2ccc(CNCC3CCCCCC3)cc2)c1.O=C(O)C(F)(F)F. The van der Waals surface area contributed by atoms with Crippen molar-refractivity contribution in [1.29, 1.82) is 0 Å². The number of aliphatic carboxylic acids is 1. The molecule has 1 saturated carbocycles. The molecule has 174 valence electrons. The molecule has 0 bridgehead atoms. The van der Waals surface area contributed by atoms with E-state index in [0.717, 1.165) is 30.1 Å². The van der Waals surface area contributed by atoms with Gasteiger partial charge in [0.25, 0.3) is 0 Å². The van der Waals surface area contributed by atoms with Crippen molar-refractivity contribution in [2.24, 2.45) is 11.7 Å². The van der Waals surface area contributed by atoms with Gasteiger partial charge in [0.2, 0.25) is 5.91 Å². The van der Waals surface area contributed by atoms with E-state index in [0.29, 0.717) is 5.56 Å². The zero-order valence-electron chi connectivity index (χ0n) is 17.8. The molecular formula is C24H29F3N2O3. The Bertz CT molecular complexity index is 875. The Hall–Kier alpha value is -2.87. The molecule has 1 amide bonds. The number of carbonyl (C=O) groups excluding carboxylic acids is 1. The monoisotopic (exact) mass is 450 g/mol. The predicted octanol–water partition coefficient (Wildman–Crippen LogP) is 5.15. The third-order valence-electron chi connectivity index (χ3n) is 5.41. The topological polar surface area (TPSA) is 92.4 Å². The van der Waals surface area contributed by atoms with Crippen LogP contribution < -0.4 is 11.1 Å². The Morgan fingerprint density at radius 1 is 0.969 bits per heavy atom. The molecule has 1 fully saturated rings. The van der Waals surface area contributed by atoms with Gasteiger partial charge >= 0.3 is 12.1 Å². The van der Waals surface area contributed by atoms with E-state index in [1.807, 2.05) is 18.2 Å². The van der Waals surface area contributed by atoms with Gasteiger partial charge in [-0.2, -0.15) is 13.2 Å². The van der Waals surface area contributed by atoms with Crippen molar-refractivity contribution >= 4 is 11.9 Å². The predicted molar refractivity (Wildman–Crippen MR) is 117 cm³/mol. The first-order valence-electron chi connectivity index (χ1n) is 10.7. The zero-order chi connectivity index (χ0) is 23.6. The quantitative estimate of drug-likeness (QED) is 0.531. The number of benzene rings is 2. The molecule has 2 aromatic rings. The van der Waals surface area contributed by atoms with Gasteiger partial charge in [-0.05, 0) is 54.1 Å². The number of carboxylic acids is 1. The Balaban J connectivity index is 0.000000451. The number of halogens is 3. The lowest BCUT2D eigenvalue weighted by Crippen LogP contribution is -2.22. The summed E-state index contributed by atoms with van der Waals surface area (Å²) in [5.41, 5.74) is 9.34. The Kier molecular flexibility index (Phi) is 9.71. The molecule has 0 unspecified atom stereocenters. The number of nitrogens with one attached hydrogen (secondary N) is 1. The fourth-order valence-electron chi connectivity index (χ4n) is 3.66. The van der Waals surface area contributed by atoms with Crippen LogP contribution in [0.4, 0.5) is 13.2 Å². The minimum Gasteiger partial charge on any atom is -0.475 e. The Labute approximate surface area is 185 Å². The van der Waals surface area contributed by atoms with E-state index in [1.165, 1.54) is 44.1 Å². The van der Waals surface area contributed by atoms with Crippen LogP contribution in [-0.2, 0) is 11.3 Å². The lowest BCUT2D eigenvalue weighted by molar-refractivity contribution is -0.192. The van der Waals surface area contributed by atoms with Gasteiger partial charge in [-0.25, -0.2) is 4.79 Å². The van der Waals surface area contributed by atoms with Crippen LogP contribution in [0, 0.1) is 5.92 Å². The largest absolute Gasteiger partial charge is 0.490 e. The smallest absolute Gasteiger partial charge is 0.475 e. The maximum Gasteiger partial charge on any atom is 0.490 e. The van der Waals surface area contributed by atoms with Crippen LogP contribution in [0.3, 0.4) is 0 Å². The summed E-state index contributed by atoms with van der Waals surface area (Å²) < 4.78 is 31.7. The first-order valence-corrected chi connectivity index (χ1v) is 10.7. The maximum absolute atomic E-state index is 11.3. The lowest BCUT2D eigenvalue weighted by Gasteiger charge is -2.15. The molecule has 32 heavy (non-hydrogen) atoms. The van der Waals surface area contributed by atoms with Crippen molar-refractivity contribution < 1.29 is 27.9 Å². The lowest BCUT2D eigenvalue weighted by atomic mass is 10.00. The number of amides is 1. The molecule has 0 atom stereocenters. The average Bonchev–Trinajstić information content (AvgIpc) is 3.03. The highest BCUT2D eigenvalue weighted by Gasteiger charge is 2.38. The Morgan fingerprint density at radius 3 is 2.09 bits per heavy atom. The summed E-state index contributed by atoms with van der Waals surface area (Å²) in [6, 6.07) is 16.0. The second-order valence-electron chi connectivity index (χ2n) is 7.93. The van der Waals surface area contributed by atoms with Gasteiger partial charge in [-0.1, -0.05) is 62.1 Å². The van der Waals surface area contributed by atoms with Crippen LogP contribution in [0.25, 0.3) is 11.1 Å². The number of nitrogens with two attached hydrogens (primary N) is 1. The molecule has 2 aromatic carbocycles. The highest BCUT2D eigenvalue weighted by atomic mass is 19.4. The van der Waals surface area contributed by atoms with E-state index < -0.39 is 12.1 Å². The summed E-state index contributed by atoms with van der Waals surface area (Å²) in [6.45, 7) is 2.04. The van der Waals surface area contributed by atoms with E-state index in [9.17, 15) is 18.0 Å². The maximum atomic E-state index is 11.3. The number of hydrogen-bond acceptors (Lipinski definition) is 3. The molecule has 0 aliphatic heterocycles. The average molecular weight is 451 g/mol. The van der Waals surface area contributed by atoms with Crippen molar-refractivity contribution in [2.75, 3.05) is 6.54 Å². The van der Waals surface area contributed by atoms with E-state index >= 15 is 0 Å². The highest BCUT2D eigenvalue weighted by molar-refractivity contribution is 5.94. The molecule has 8 heteroatoms. The van der Waals surface area contributed by atoms with Gasteiger partial charge in [-0.3, -0.25) is 4.79 Å². The molecule has 3 rings (SSSR count). The van der Waals surface area contributed by atoms with Gasteiger partial charge in [0.1, 0.15) is 0 Å². The second-order valence-corrected chi connectivity index (χ2v) is 7.93. The van der Waals surface area contributed by atoms with E-state index in [1.54, 1.807) is 6.07 Å². The van der Waals surface area contributed by atoms with Crippen LogP contribution in [0.5, 0.6) is 0 Å².